The van der Waals surface area contributed by atoms with Gasteiger partial charge >= 0.3 is 0 Å². The van der Waals surface area contributed by atoms with E-state index in [1.165, 1.54) is 0 Å². The molecule has 0 aliphatic carbocycles. The molecule has 2 aromatic rings. The van der Waals surface area contributed by atoms with E-state index in [9.17, 15) is 0 Å². The molecule has 2 rings (SSSR count). The highest BCUT2D eigenvalue weighted by Crippen LogP contribution is 2.24. The Bertz CT molecular complexity index is 490. The van der Waals surface area contributed by atoms with Crippen LogP contribution < -0.4 is 0 Å². The molecular formula is C10H10N4O. The number of rotatable bonds is 2. The van der Waals surface area contributed by atoms with Gasteiger partial charge in [-0.05, 0) is 26.0 Å². The van der Waals surface area contributed by atoms with E-state index in [1.54, 1.807) is 23.1 Å². The molecule has 76 valence electrons. The van der Waals surface area contributed by atoms with Gasteiger partial charge in [0.1, 0.15) is 11.8 Å². The Hall–Kier alpha value is -2.09. The third-order valence-corrected chi connectivity index (χ3v) is 2.04. The summed E-state index contributed by atoms with van der Waals surface area (Å²) in [5.74, 6) is 0.616. The largest absolute Gasteiger partial charge is 0.463 e. The second-order valence-corrected chi connectivity index (χ2v) is 3.41. The Kier molecular flexibility index (Phi) is 2.26. The van der Waals surface area contributed by atoms with E-state index in [4.69, 9.17) is 9.68 Å². The van der Waals surface area contributed by atoms with Crippen molar-refractivity contribution in [1.82, 2.24) is 15.0 Å². The predicted molar refractivity (Wildman–Crippen MR) is 52.8 cm³/mol. The van der Waals surface area contributed by atoms with Gasteiger partial charge in [-0.15, -0.1) is 5.10 Å². The zero-order valence-electron chi connectivity index (χ0n) is 8.51. The average Bonchev–Trinajstić information content (AvgIpc) is 2.85. The normalized spacial score (nSPS) is 10.5. The van der Waals surface area contributed by atoms with Gasteiger partial charge in [-0.3, -0.25) is 0 Å². The van der Waals surface area contributed by atoms with Crippen LogP contribution in [0.4, 0.5) is 0 Å². The van der Waals surface area contributed by atoms with Gasteiger partial charge in [0.15, 0.2) is 11.5 Å². The number of hydrogen-bond donors (Lipinski definition) is 0. The summed E-state index contributed by atoms with van der Waals surface area (Å²) in [6.07, 6.45) is 1.56. The van der Waals surface area contributed by atoms with Gasteiger partial charge < -0.3 is 4.42 Å². The summed E-state index contributed by atoms with van der Waals surface area (Å²) in [5, 5.41) is 16.6. The van der Waals surface area contributed by atoms with Crippen LogP contribution in [0.5, 0.6) is 0 Å². The molecule has 0 saturated heterocycles. The number of hydrogen-bond acceptors (Lipinski definition) is 4. The minimum Gasteiger partial charge on any atom is -0.463 e. The molecule has 2 heterocycles. The van der Waals surface area contributed by atoms with Crippen molar-refractivity contribution in [3.8, 4) is 17.5 Å². The Morgan fingerprint density at radius 3 is 2.87 bits per heavy atom. The van der Waals surface area contributed by atoms with Crippen LogP contribution in [0.2, 0.25) is 0 Å². The van der Waals surface area contributed by atoms with E-state index in [0.29, 0.717) is 17.1 Å². The van der Waals surface area contributed by atoms with Crippen molar-refractivity contribution >= 4 is 0 Å². The first-order valence-corrected chi connectivity index (χ1v) is 4.63. The molecule has 0 aliphatic heterocycles. The molecule has 2 aromatic heterocycles. The van der Waals surface area contributed by atoms with Crippen LogP contribution in [0.1, 0.15) is 25.6 Å². The highest BCUT2D eigenvalue weighted by atomic mass is 16.3. The van der Waals surface area contributed by atoms with Crippen molar-refractivity contribution < 1.29 is 4.42 Å². The van der Waals surface area contributed by atoms with Crippen molar-refractivity contribution in [1.29, 1.82) is 5.26 Å². The van der Waals surface area contributed by atoms with Crippen LogP contribution in [-0.2, 0) is 0 Å². The smallest absolute Gasteiger partial charge is 0.193 e. The van der Waals surface area contributed by atoms with Gasteiger partial charge in [0.25, 0.3) is 0 Å². The molecule has 0 unspecified atom stereocenters. The molecular weight excluding hydrogens is 192 g/mol. The predicted octanol–water partition coefficient (Wildman–Crippen LogP) is 1.99. The number of nitrogens with zero attached hydrogens (tertiary/aromatic N) is 4. The van der Waals surface area contributed by atoms with E-state index in [1.807, 2.05) is 19.9 Å². The van der Waals surface area contributed by atoms with Gasteiger partial charge in [-0.25, -0.2) is 4.68 Å². The third-order valence-electron chi connectivity index (χ3n) is 2.04. The molecule has 0 atom stereocenters. The lowest BCUT2D eigenvalue weighted by molar-refractivity contribution is 0.504. The summed E-state index contributed by atoms with van der Waals surface area (Å²) in [5.41, 5.74) is 0.927. The zero-order valence-corrected chi connectivity index (χ0v) is 8.51. The van der Waals surface area contributed by atoms with E-state index in [-0.39, 0.29) is 6.04 Å². The Labute approximate surface area is 86.9 Å². The van der Waals surface area contributed by atoms with Gasteiger partial charge in [-0.2, -0.15) is 5.26 Å². The number of nitriles is 1. The molecule has 15 heavy (non-hydrogen) atoms. The van der Waals surface area contributed by atoms with Crippen molar-refractivity contribution in [2.75, 3.05) is 0 Å². The lowest BCUT2D eigenvalue weighted by atomic mass is 10.2. The van der Waals surface area contributed by atoms with Crippen LogP contribution in [0, 0.1) is 11.3 Å². The molecule has 0 spiro atoms. The lowest BCUT2D eigenvalue weighted by Crippen LogP contribution is -2.04. The molecule has 0 aromatic carbocycles. The fraction of sp³-hybridized carbons (Fsp3) is 0.300. The van der Waals surface area contributed by atoms with Crippen molar-refractivity contribution in [2.24, 2.45) is 0 Å². The summed E-state index contributed by atoms with van der Waals surface area (Å²) in [6, 6.07) is 5.71. The maximum absolute atomic E-state index is 8.90. The van der Waals surface area contributed by atoms with Gasteiger partial charge in [0.2, 0.25) is 0 Å². The maximum atomic E-state index is 8.90. The fourth-order valence-corrected chi connectivity index (χ4v) is 1.37. The minimum atomic E-state index is 0.139. The van der Waals surface area contributed by atoms with E-state index in [2.05, 4.69) is 10.3 Å². The first-order valence-electron chi connectivity index (χ1n) is 4.63. The quantitative estimate of drug-likeness (QED) is 0.746. The van der Waals surface area contributed by atoms with Crippen molar-refractivity contribution in [3.05, 3.63) is 24.1 Å². The van der Waals surface area contributed by atoms with E-state index >= 15 is 0 Å². The van der Waals surface area contributed by atoms with Crippen LogP contribution in [0.15, 0.2) is 22.8 Å². The summed E-state index contributed by atoms with van der Waals surface area (Å²) < 4.78 is 6.94. The van der Waals surface area contributed by atoms with Crippen LogP contribution >= 0.6 is 0 Å². The topological polar surface area (TPSA) is 67.6 Å². The second kappa shape index (κ2) is 3.58. The summed E-state index contributed by atoms with van der Waals surface area (Å²) in [7, 11) is 0. The summed E-state index contributed by atoms with van der Waals surface area (Å²) >= 11 is 0. The molecule has 5 heteroatoms. The molecule has 0 radical (unpaired) electrons. The molecule has 0 aliphatic rings. The highest BCUT2D eigenvalue weighted by molar-refractivity contribution is 5.59. The van der Waals surface area contributed by atoms with Crippen LogP contribution in [-0.4, -0.2) is 15.0 Å². The molecule has 0 N–H and O–H groups in total. The van der Waals surface area contributed by atoms with Gasteiger partial charge in [0, 0.05) is 6.04 Å². The minimum absolute atomic E-state index is 0.139. The van der Waals surface area contributed by atoms with Crippen molar-refractivity contribution in [3.63, 3.8) is 0 Å². The first-order chi connectivity index (χ1) is 7.24. The monoisotopic (exact) mass is 202 g/mol. The molecule has 0 saturated carbocycles. The standard InChI is InChI=1S/C10H10N4O/c1-7(2)14-10(8(6-11)12-13-14)9-4-3-5-15-9/h3-5,7H,1-2H3. The average molecular weight is 202 g/mol. The van der Waals surface area contributed by atoms with Gasteiger partial charge in [-0.1, -0.05) is 5.21 Å². The molecule has 5 nitrogen and oxygen atoms in total. The summed E-state index contributed by atoms with van der Waals surface area (Å²) in [6.45, 7) is 3.95. The second-order valence-electron chi connectivity index (χ2n) is 3.41. The molecule has 0 amide bonds. The first kappa shape index (κ1) is 9.46. The number of furan rings is 1. The number of aromatic nitrogens is 3. The van der Waals surface area contributed by atoms with Crippen LogP contribution in [0.3, 0.4) is 0 Å². The Balaban J connectivity index is 2.62. The molecule has 0 fully saturated rings. The van der Waals surface area contributed by atoms with Gasteiger partial charge in [0.05, 0.1) is 6.26 Å². The molecule has 0 bridgehead atoms. The third kappa shape index (κ3) is 1.50. The highest BCUT2D eigenvalue weighted by Gasteiger charge is 2.18. The summed E-state index contributed by atoms with van der Waals surface area (Å²) in [4.78, 5) is 0. The van der Waals surface area contributed by atoms with Crippen molar-refractivity contribution in [2.45, 2.75) is 19.9 Å². The lowest BCUT2D eigenvalue weighted by Gasteiger charge is -2.07. The Morgan fingerprint density at radius 2 is 2.33 bits per heavy atom. The van der Waals surface area contributed by atoms with Crippen LogP contribution in [0.25, 0.3) is 11.5 Å². The zero-order chi connectivity index (χ0) is 10.8. The Morgan fingerprint density at radius 1 is 1.53 bits per heavy atom. The maximum Gasteiger partial charge on any atom is 0.193 e. The van der Waals surface area contributed by atoms with E-state index < -0.39 is 0 Å². The van der Waals surface area contributed by atoms with E-state index in [0.717, 1.165) is 0 Å². The fourth-order valence-electron chi connectivity index (χ4n) is 1.37. The SMILES string of the molecule is CC(C)n1nnc(C#N)c1-c1ccco1.